The average molecular weight is 367 g/mol. The standard InChI is InChI=1S/C14H20ClIO/c1-2-3-4-7-10-17-14(11-16)12-8-5-6-9-13(12)15/h5-6,8-9,14H,2-4,7,10-11H2,1H3. The molecule has 17 heavy (non-hydrogen) atoms. The summed E-state index contributed by atoms with van der Waals surface area (Å²) >= 11 is 8.53. The highest BCUT2D eigenvalue weighted by atomic mass is 127. The Labute approximate surface area is 123 Å². The van der Waals surface area contributed by atoms with Gasteiger partial charge in [0.05, 0.1) is 6.10 Å². The Kier molecular flexibility index (Phi) is 8.23. The quantitative estimate of drug-likeness (QED) is 0.339. The van der Waals surface area contributed by atoms with Gasteiger partial charge in [-0.2, -0.15) is 0 Å². The van der Waals surface area contributed by atoms with Crippen molar-refractivity contribution in [3.63, 3.8) is 0 Å². The van der Waals surface area contributed by atoms with Crippen molar-refractivity contribution in [2.75, 3.05) is 11.0 Å². The molecule has 0 N–H and O–H groups in total. The number of halogens is 2. The van der Waals surface area contributed by atoms with Crippen LogP contribution in [-0.4, -0.2) is 11.0 Å². The van der Waals surface area contributed by atoms with Crippen LogP contribution in [0.4, 0.5) is 0 Å². The third-order valence-corrected chi connectivity index (χ3v) is 3.85. The Morgan fingerprint density at radius 1 is 1.24 bits per heavy atom. The molecule has 0 aliphatic rings. The monoisotopic (exact) mass is 366 g/mol. The van der Waals surface area contributed by atoms with E-state index in [-0.39, 0.29) is 6.10 Å². The van der Waals surface area contributed by atoms with Crippen LogP contribution in [0.25, 0.3) is 0 Å². The highest BCUT2D eigenvalue weighted by Crippen LogP contribution is 2.27. The van der Waals surface area contributed by atoms with Crippen molar-refractivity contribution >= 4 is 34.2 Å². The first kappa shape index (κ1) is 15.3. The van der Waals surface area contributed by atoms with E-state index in [0.29, 0.717) is 0 Å². The van der Waals surface area contributed by atoms with Crippen LogP contribution >= 0.6 is 34.2 Å². The molecule has 0 amide bonds. The van der Waals surface area contributed by atoms with E-state index in [4.69, 9.17) is 16.3 Å². The van der Waals surface area contributed by atoms with Crippen LogP contribution in [-0.2, 0) is 4.74 Å². The van der Waals surface area contributed by atoms with Crippen molar-refractivity contribution in [1.29, 1.82) is 0 Å². The van der Waals surface area contributed by atoms with E-state index < -0.39 is 0 Å². The lowest BCUT2D eigenvalue weighted by Gasteiger charge is -2.17. The number of rotatable bonds is 8. The minimum atomic E-state index is 0.130. The Morgan fingerprint density at radius 3 is 2.65 bits per heavy atom. The van der Waals surface area contributed by atoms with Gasteiger partial charge in [0.2, 0.25) is 0 Å². The van der Waals surface area contributed by atoms with Gasteiger partial charge in [-0.05, 0) is 12.5 Å². The zero-order valence-corrected chi connectivity index (χ0v) is 13.2. The van der Waals surface area contributed by atoms with Gasteiger partial charge in [-0.3, -0.25) is 0 Å². The summed E-state index contributed by atoms with van der Waals surface area (Å²) in [6.07, 6.45) is 5.09. The fraction of sp³-hybridized carbons (Fsp3) is 0.571. The minimum Gasteiger partial charge on any atom is -0.373 e. The second kappa shape index (κ2) is 9.17. The third kappa shape index (κ3) is 5.58. The van der Waals surface area contributed by atoms with Crippen molar-refractivity contribution in [1.82, 2.24) is 0 Å². The molecule has 0 aliphatic heterocycles. The summed E-state index contributed by atoms with van der Waals surface area (Å²) in [6.45, 7) is 3.05. The molecule has 1 aromatic rings. The number of unbranched alkanes of at least 4 members (excludes halogenated alkanes) is 3. The normalized spacial score (nSPS) is 12.6. The van der Waals surface area contributed by atoms with Gasteiger partial charge in [-0.1, -0.05) is 78.6 Å². The van der Waals surface area contributed by atoms with Crippen molar-refractivity contribution in [3.8, 4) is 0 Å². The molecule has 1 atom stereocenters. The SMILES string of the molecule is CCCCCCOC(CI)c1ccccc1Cl. The van der Waals surface area contributed by atoms with Crippen LogP contribution in [0.2, 0.25) is 5.02 Å². The summed E-state index contributed by atoms with van der Waals surface area (Å²) in [4.78, 5) is 0. The van der Waals surface area contributed by atoms with Crippen LogP contribution in [0.15, 0.2) is 24.3 Å². The van der Waals surface area contributed by atoms with Crippen molar-refractivity contribution < 1.29 is 4.74 Å². The van der Waals surface area contributed by atoms with Crippen molar-refractivity contribution in [2.45, 2.75) is 38.7 Å². The predicted molar refractivity (Wildman–Crippen MR) is 83.2 cm³/mol. The summed E-state index contributed by atoms with van der Waals surface area (Å²) in [7, 11) is 0. The first-order valence-corrected chi connectivity index (χ1v) is 8.12. The number of ether oxygens (including phenoxy) is 1. The van der Waals surface area contributed by atoms with Gasteiger partial charge in [0, 0.05) is 21.6 Å². The number of benzene rings is 1. The molecule has 0 spiro atoms. The Hall–Kier alpha value is 0.200. The Morgan fingerprint density at radius 2 is 2.00 bits per heavy atom. The van der Waals surface area contributed by atoms with Crippen LogP contribution in [0.5, 0.6) is 0 Å². The summed E-state index contributed by atoms with van der Waals surface area (Å²) in [5, 5.41) is 0.808. The van der Waals surface area contributed by atoms with E-state index in [1.807, 2.05) is 18.2 Å². The van der Waals surface area contributed by atoms with Gasteiger partial charge in [0.15, 0.2) is 0 Å². The maximum atomic E-state index is 6.18. The van der Waals surface area contributed by atoms with Crippen molar-refractivity contribution in [2.24, 2.45) is 0 Å². The van der Waals surface area contributed by atoms with Gasteiger partial charge in [-0.15, -0.1) is 0 Å². The van der Waals surface area contributed by atoms with E-state index in [1.54, 1.807) is 0 Å². The molecule has 1 rings (SSSR count). The lowest BCUT2D eigenvalue weighted by Crippen LogP contribution is -2.07. The number of hydrogen-bond donors (Lipinski definition) is 0. The van der Waals surface area contributed by atoms with Gasteiger partial charge < -0.3 is 4.74 Å². The van der Waals surface area contributed by atoms with Gasteiger partial charge in [-0.25, -0.2) is 0 Å². The van der Waals surface area contributed by atoms with Crippen LogP contribution in [0.1, 0.15) is 44.3 Å². The van der Waals surface area contributed by atoms with Crippen molar-refractivity contribution in [3.05, 3.63) is 34.9 Å². The fourth-order valence-corrected chi connectivity index (χ4v) is 2.69. The zero-order chi connectivity index (χ0) is 12.5. The highest BCUT2D eigenvalue weighted by molar-refractivity contribution is 14.1. The van der Waals surface area contributed by atoms with Crippen LogP contribution in [0.3, 0.4) is 0 Å². The molecular weight excluding hydrogens is 347 g/mol. The van der Waals surface area contributed by atoms with Gasteiger partial charge in [0.1, 0.15) is 0 Å². The molecule has 1 nitrogen and oxygen atoms in total. The Balaban J connectivity index is 2.41. The smallest absolute Gasteiger partial charge is 0.0928 e. The van der Waals surface area contributed by atoms with Crippen LogP contribution < -0.4 is 0 Å². The molecule has 0 radical (unpaired) electrons. The maximum absolute atomic E-state index is 6.18. The first-order valence-electron chi connectivity index (χ1n) is 6.21. The molecular formula is C14H20ClIO. The van der Waals surface area contributed by atoms with Gasteiger partial charge in [0.25, 0.3) is 0 Å². The third-order valence-electron chi connectivity index (χ3n) is 2.71. The Bertz CT molecular complexity index is 317. The molecule has 0 saturated carbocycles. The predicted octanol–water partition coefficient (Wildman–Crippen LogP) is 5.41. The molecule has 96 valence electrons. The lowest BCUT2D eigenvalue weighted by molar-refractivity contribution is 0.0680. The molecule has 1 aromatic carbocycles. The van der Waals surface area contributed by atoms with E-state index in [0.717, 1.165) is 28.0 Å². The van der Waals surface area contributed by atoms with Crippen LogP contribution in [0, 0.1) is 0 Å². The van der Waals surface area contributed by atoms with Gasteiger partial charge >= 0.3 is 0 Å². The number of hydrogen-bond acceptors (Lipinski definition) is 1. The highest BCUT2D eigenvalue weighted by Gasteiger charge is 2.13. The minimum absolute atomic E-state index is 0.130. The zero-order valence-electron chi connectivity index (χ0n) is 10.3. The summed E-state index contributed by atoms with van der Waals surface area (Å²) < 4.78 is 6.85. The maximum Gasteiger partial charge on any atom is 0.0928 e. The summed E-state index contributed by atoms with van der Waals surface area (Å²) in [5.74, 6) is 0. The molecule has 0 aliphatic carbocycles. The molecule has 1 unspecified atom stereocenters. The fourth-order valence-electron chi connectivity index (χ4n) is 1.71. The molecule has 0 heterocycles. The second-order valence-corrected chi connectivity index (χ2v) is 5.38. The van der Waals surface area contributed by atoms with E-state index in [2.05, 4.69) is 35.6 Å². The second-order valence-electron chi connectivity index (χ2n) is 4.10. The van der Waals surface area contributed by atoms with E-state index in [1.165, 1.54) is 19.3 Å². The topological polar surface area (TPSA) is 9.23 Å². The van der Waals surface area contributed by atoms with E-state index in [9.17, 15) is 0 Å². The molecule has 0 fully saturated rings. The summed E-state index contributed by atoms with van der Waals surface area (Å²) in [6, 6.07) is 7.95. The average Bonchev–Trinajstić information content (AvgIpc) is 2.35. The molecule has 0 aromatic heterocycles. The molecule has 0 bridgehead atoms. The summed E-state index contributed by atoms with van der Waals surface area (Å²) in [5.41, 5.74) is 1.11. The molecule has 3 heteroatoms. The lowest BCUT2D eigenvalue weighted by atomic mass is 10.1. The first-order chi connectivity index (χ1) is 8.29. The van der Waals surface area contributed by atoms with E-state index >= 15 is 0 Å². The largest absolute Gasteiger partial charge is 0.373 e. The molecule has 0 saturated heterocycles. The number of alkyl halides is 1.